The summed E-state index contributed by atoms with van der Waals surface area (Å²) in [5.41, 5.74) is 2.69. The molecule has 0 saturated carbocycles. The lowest BCUT2D eigenvalue weighted by atomic mass is 10.2. The summed E-state index contributed by atoms with van der Waals surface area (Å²) in [6.45, 7) is 7.48. The first-order chi connectivity index (χ1) is 7.07. The highest BCUT2D eigenvalue weighted by Crippen LogP contribution is 1.91. The molecular formula is C10H22N2O3. The number of hydrogen-bond donors (Lipinski definition) is 2. The maximum absolute atomic E-state index is 11.4. The quantitative estimate of drug-likeness (QED) is 0.455. The average molecular weight is 218 g/mol. The summed E-state index contributed by atoms with van der Waals surface area (Å²) in [4.78, 5) is 16.5. The summed E-state index contributed by atoms with van der Waals surface area (Å²) in [6, 6.07) is -0.347. The van der Waals surface area contributed by atoms with Crippen molar-refractivity contribution in [3.63, 3.8) is 0 Å². The van der Waals surface area contributed by atoms with E-state index in [0.29, 0.717) is 25.7 Å². The molecule has 0 spiro atoms. The highest BCUT2D eigenvalue weighted by Gasteiger charge is 2.11. The van der Waals surface area contributed by atoms with E-state index in [4.69, 9.17) is 9.57 Å². The van der Waals surface area contributed by atoms with E-state index in [-0.39, 0.29) is 11.9 Å². The molecule has 0 bridgehead atoms. The maximum Gasteiger partial charge on any atom is 0.239 e. The van der Waals surface area contributed by atoms with Gasteiger partial charge in [0.15, 0.2) is 0 Å². The summed E-state index contributed by atoms with van der Waals surface area (Å²) in [5.74, 6) is 0.358. The molecule has 1 unspecified atom stereocenters. The number of hydrogen-bond acceptors (Lipinski definition) is 4. The minimum Gasteiger partial charge on any atom is -0.383 e. The molecule has 0 aromatic rings. The molecule has 5 nitrogen and oxygen atoms in total. The monoisotopic (exact) mass is 218 g/mol. The highest BCUT2D eigenvalue weighted by atomic mass is 16.6. The van der Waals surface area contributed by atoms with Crippen LogP contribution in [-0.4, -0.2) is 38.8 Å². The molecule has 15 heavy (non-hydrogen) atoms. The number of nitrogens with one attached hydrogen (secondary N) is 2. The third-order valence-corrected chi connectivity index (χ3v) is 1.68. The lowest BCUT2D eigenvalue weighted by Gasteiger charge is -2.14. The Morgan fingerprint density at radius 1 is 1.33 bits per heavy atom. The fourth-order valence-corrected chi connectivity index (χ4v) is 0.823. The molecular weight excluding hydrogens is 196 g/mol. The second-order valence-corrected chi connectivity index (χ2v) is 3.83. The van der Waals surface area contributed by atoms with E-state index >= 15 is 0 Å². The Morgan fingerprint density at radius 3 is 2.53 bits per heavy atom. The van der Waals surface area contributed by atoms with E-state index in [1.807, 2.05) is 13.8 Å². The third-order valence-electron chi connectivity index (χ3n) is 1.68. The molecule has 0 radical (unpaired) electrons. The topological polar surface area (TPSA) is 59.6 Å². The van der Waals surface area contributed by atoms with Crippen LogP contribution in [0.15, 0.2) is 0 Å². The Morgan fingerprint density at radius 2 is 2.00 bits per heavy atom. The molecule has 0 aliphatic carbocycles. The number of ether oxygens (including phenoxy) is 1. The first-order valence-corrected chi connectivity index (χ1v) is 5.22. The second kappa shape index (κ2) is 8.64. The molecule has 0 aromatic heterocycles. The van der Waals surface area contributed by atoms with E-state index in [1.54, 1.807) is 14.0 Å². The van der Waals surface area contributed by atoms with Crippen LogP contribution in [0.5, 0.6) is 0 Å². The molecule has 1 amide bonds. The van der Waals surface area contributed by atoms with Crippen molar-refractivity contribution in [2.75, 3.05) is 26.9 Å². The van der Waals surface area contributed by atoms with Crippen LogP contribution >= 0.6 is 0 Å². The first-order valence-electron chi connectivity index (χ1n) is 5.22. The van der Waals surface area contributed by atoms with Crippen molar-refractivity contribution in [3.8, 4) is 0 Å². The molecule has 0 aliphatic heterocycles. The van der Waals surface area contributed by atoms with E-state index in [1.165, 1.54) is 0 Å². The number of amides is 1. The summed E-state index contributed by atoms with van der Waals surface area (Å²) < 4.78 is 4.82. The van der Waals surface area contributed by atoms with Gasteiger partial charge >= 0.3 is 0 Å². The minimum atomic E-state index is -0.347. The van der Waals surface area contributed by atoms with Crippen molar-refractivity contribution in [1.82, 2.24) is 10.8 Å². The fraction of sp³-hybridized carbons (Fsp3) is 0.900. The van der Waals surface area contributed by atoms with Crippen LogP contribution in [0.4, 0.5) is 0 Å². The Bertz CT molecular complexity index is 174. The maximum atomic E-state index is 11.4. The molecule has 0 aliphatic rings. The largest absolute Gasteiger partial charge is 0.383 e. The zero-order chi connectivity index (χ0) is 11.7. The Labute approximate surface area is 91.5 Å². The predicted molar refractivity (Wildman–Crippen MR) is 58.3 cm³/mol. The summed E-state index contributed by atoms with van der Waals surface area (Å²) in [7, 11) is 1.60. The fourth-order valence-electron chi connectivity index (χ4n) is 0.823. The van der Waals surface area contributed by atoms with Crippen LogP contribution in [0.3, 0.4) is 0 Å². The molecule has 0 saturated heterocycles. The van der Waals surface area contributed by atoms with Crippen LogP contribution in [0.1, 0.15) is 20.8 Å². The molecule has 1 atom stereocenters. The van der Waals surface area contributed by atoms with Gasteiger partial charge in [-0.2, -0.15) is 5.48 Å². The van der Waals surface area contributed by atoms with E-state index in [9.17, 15) is 4.79 Å². The smallest absolute Gasteiger partial charge is 0.239 e. The molecule has 2 N–H and O–H groups in total. The Kier molecular flexibility index (Phi) is 8.27. The van der Waals surface area contributed by atoms with Crippen molar-refractivity contribution in [3.05, 3.63) is 0 Å². The van der Waals surface area contributed by atoms with Crippen molar-refractivity contribution in [2.24, 2.45) is 5.92 Å². The van der Waals surface area contributed by atoms with E-state index < -0.39 is 0 Å². The van der Waals surface area contributed by atoms with Gasteiger partial charge in [-0.15, -0.1) is 0 Å². The van der Waals surface area contributed by atoms with Gasteiger partial charge in [0.1, 0.15) is 6.04 Å². The van der Waals surface area contributed by atoms with E-state index in [0.717, 1.165) is 0 Å². The van der Waals surface area contributed by atoms with Crippen LogP contribution in [0.25, 0.3) is 0 Å². The van der Waals surface area contributed by atoms with Gasteiger partial charge in [-0.3, -0.25) is 4.79 Å². The number of carbonyl (C=O) groups excluding carboxylic acids is 1. The average Bonchev–Trinajstić information content (AvgIpc) is 2.17. The van der Waals surface area contributed by atoms with Crippen molar-refractivity contribution < 1.29 is 14.4 Å². The standard InChI is InChI=1S/C10H22N2O3/c1-8(2)7-15-12-9(3)10(13)11-5-6-14-4/h8-9,12H,5-7H2,1-4H3,(H,11,13). The SMILES string of the molecule is COCCNC(=O)C(C)NOCC(C)C. The molecule has 0 fully saturated rings. The highest BCUT2D eigenvalue weighted by molar-refractivity contribution is 5.81. The van der Waals surface area contributed by atoms with Gasteiger partial charge in [-0.05, 0) is 12.8 Å². The van der Waals surface area contributed by atoms with Crippen LogP contribution in [0.2, 0.25) is 0 Å². The van der Waals surface area contributed by atoms with Gasteiger partial charge in [0.25, 0.3) is 0 Å². The van der Waals surface area contributed by atoms with Gasteiger partial charge in [-0.25, -0.2) is 0 Å². The van der Waals surface area contributed by atoms with Gasteiger partial charge in [-0.1, -0.05) is 13.8 Å². The summed E-state index contributed by atoms with van der Waals surface area (Å²) in [5, 5.41) is 2.72. The van der Waals surface area contributed by atoms with Crippen LogP contribution in [-0.2, 0) is 14.4 Å². The van der Waals surface area contributed by atoms with Crippen molar-refractivity contribution >= 4 is 5.91 Å². The Hall–Kier alpha value is -0.650. The number of methoxy groups -OCH3 is 1. The van der Waals surface area contributed by atoms with Crippen LogP contribution in [0, 0.1) is 5.92 Å². The number of hydroxylamine groups is 1. The van der Waals surface area contributed by atoms with Gasteiger partial charge in [0, 0.05) is 13.7 Å². The number of carbonyl (C=O) groups is 1. The van der Waals surface area contributed by atoms with E-state index in [2.05, 4.69) is 10.8 Å². The van der Waals surface area contributed by atoms with Gasteiger partial charge < -0.3 is 14.9 Å². The van der Waals surface area contributed by atoms with Crippen molar-refractivity contribution in [1.29, 1.82) is 0 Å². The second-order valence-electron chi connectivity index (χ2n) is 3.83. The summed E-state index contributed by atoms with van der Waals surface area (Å²) >= 11 is 0. The zero-order valence-electron chi connectivity index (χ0n) is 10.0. The zero-order valence-corrected chi connectivity index (χ0v) is 10.0. The normalized spacial score (nSPS) is 12.9. The van der Waals surface area contributed by atoms with Crippen molar-refractivity contribution in [2.45, 2.75) is 26.8 Å². The Balaban J connectivity index is 3.51. The third kappa shape index (κ3) is 8.35. The van der Waals surface area contributed by atoms with Gasteiger partial charge in [0.2, 0.25) is 5.91 Å². The molecule has 0 rings (SSSR count). The lowest BCUT2D eigenvalue weighted by Crippen LogP contribution is -2.43. The predicted octanol–water partition coefficient (Wildman–Crippen LogP) is 0.315. The first kappa shape index (κ1) is 14.3. The molecule has 0 aromatic carbocycles. The minimum absolute atomic E-state index is 0.0872. The molecule has 5 heteroatoms. The van der Waals surface area contributed by atoms with Crippen LogP contribution < -0.4 is 10.8 Å². The molecule has 0 heterocycles. The lowest BCUT2D eigenvalue weighted by molar-refractivity contribution is -0.127. The summed E-state index contributed by atoms with van der Waals surface area (Å²) in [6.07, 6.45) is 0. The van der Waals surface area contributed by atoms with Gasteiger partial charge in [0.05, 0.1) is 13.2 Å². The number of rotatable bonds is 8. The molecule has 90 valence electrons.